The average Bonchev–Trinajstić information content (AvgIpc) is 3.67. The van der Waals surface area contributed by atoms with Crippen molar-refractivity contribution in [1.29, 1.82) is 0 Å². The van der Waals surface area contributed by atoms with Gasteiger partial charge in [0.05, 0.1) is 22.8 Å². The van der Waals surface area contributed by atoms with Crippen LogP contribution in [0.1, 0.15) is 6.29 Å². The molecule has 0 aliphatic carbocycles. The fraction of sp³-hybridized carbons (Fsp3) is 0.0400. The molecule has 182 valence electrons. The van der Waals surface area contributed by atoms with E-state index in [1.165, 1.54) is 0 Å². The molecule has 0 aliphatic rings. The largest absolute Gasteiger partial charge is 0.239 e. The van der Waals surface area contributed by atoms with Gasteiger partial charge in [-0.3, -0.25) is 0 Å². The highest BCUT2D eigenvalue weighted by Crippen LogP contribution is 2.27. The molecule has 9 nitrogen and oxygen atoms in total. The van der Waals surface area contributed by atoms with Gasteiger partial charge in [0.2, 0.25) is 6.29 Å². The fourth-order valence-electron chi connectivity index (χ4n) is 3.91. The van der Waals surface area contributed by atoms with Gasteiger partial charge in [-0.2, -0.15) is 15.3 Å². The van der Waals surface area contributed by atoms with E-state index in [-0.39, 0.29) is 0 Å². The number of halogens is 3. The average molecular weight is 682 g/mol. The van der Waals surface area contributed by atoms with Gasteiger partial charge in [0, 0.05) is 18.6 Å². The third-order valence-corrected chi connectivity index (χ3v) is 6.84. The van der Waals surface area contributed by atoms with Crippen LogP contribution in [0.3, 0.4) is 0 Å². The molecule has 0 unspecified atom stereocenters. The van der Waals surface area contributed by atoms with Crippen LogP contribution in [0.4, 0.5) is 0 Å². The summed E-state index contributed by atoms with van der Waals surface area (Å²) in [6, 6.07) is 23.0. The van der Waals surface area contributed by atoms with Gasteiger partial charge in [0.25, 0.3) is 0 Å². The van der Waals surface area contributed by atoms with Gasteiger partial charge in [-0.05, 0) is 102 Å². The molecule has 6 aromatic rings. The standard InChI is InChI=1S/C25H16Br3N9/c26-22-7-1-4-16(30-22)18-11-14-35(33-18)25(36-15-12-19(34-36)17-5-2-8-23(27)31-17)37-21(10-13-29-37)20-6-3-9-24(28)32-20/h1-15,25H. The highest BCUT2D eigenvalue weighted by Gasteiger charge is 2.23. The summed E-state index contributed by atoms with van der Waals surface area (Å²) < 4.78 is 7.66. The maximum absolute atomic E-state index is 4.86. The maximum Gasteiger partial charge on any atom is 0.238 e. The monoisotopic (exact) mass is 679 g/mol. The highest BCUT2D eigenvalue weighted by atomic mass is 79.9. The van der Waals surface area contributed by atoms with Crippen molar-refractivity contribution in [3.63, 3.8) is 0 Å². The van der Waals surface area contributed by atoms with Gasteiger partial charge in [-0.15, -0.1) is 0 Å². The van der Waals surface area contributed by atoms with Crippen LogP contribution >= 0.6 is 47.8 Å². The third kappa shape index (κ3) is 4.91. The molecule has 0 aliphatic heterocycles. The van der Waals surface area contributed by atoms with E-state index in [0.29, 0.717) is 0 Å². The molecule has 0 saturated carbocycles. The highest BCUT2D eigenvalue weighted by molar-refractivity contribution is 9.11. The van der Waals surface area contributed by atoms with Crippen LogP contribution in [0.2, 0.25) is 0 Å². The first-order valence-corrected chi connectivity index (χ1v) is 13.5. The van der Waals surface area contributed by atoms with Crippen LogP contribution in [0.5, 0.6) is 0 Å². The lowest BCUT2D eigenvalue weighted by Crippen LogP contribution is -2.28. The van der Waals surface area contributed by atoms with Crippen molar-refractivity contribution < 1.29 is 0 Å². The predicted molar refractivity (Wildman–Crippen MR) is 149 cm³/mol. The number of hydrogen-bond acceptors (Lipinski definition) is 6. The minimum atomic E-state index is -0.562. The molecule has 0 aromatic carbocycles. The molecule has 0 spiro atoms. The molecule has 6 aromatic heterocycles. The maximum atomic E-state index is 4.86. The zero-order valence-corrected chi connectivity index (χ0v) is 23.7. The van der Waals surface area contributed by atoms with E-state index in [2.05, 4.69) is 67.8 Å². The summed E-state index contributed by atoms with van der Waals surface area (Å²) in [4.78, 5) is 13.7. The Hall–Kier alpha value is -3.48. The van der Waals surface area contributed by atoms with Crippen LogP contribution in [-0.2, 0) is 0 Å². The van der Waals surface area contributed by atoms with Crippen molar-refractivity contribution in [3.8, 4) is 34.2 Å². The number of nitrogens with zero attached hydrogens (tertiary/aromatic N) is 9. The number of hydrogen-bond donors (Lipinski definition) is 0. The molecule has 0 radical (unpaired) electrons. The zero-order valence-electron chi connectivity index (χ0n) is 18.9. The SMILES string of the molecule is Brc1cccc(-c2ccn(C(n3ccc(-c4cccc(Br)n4)n3)n3nccc3-c3cccc(Br)n3)n2)n1. The molecule has 0 fully saturated rings. The Bertz CT molecular complexity index is 1620. The van der Waals surface area contributed by atoms with Crippen molar-refractivity contribution in [3.05, 3.63) is 105 Å². The van der Waals surface area contributed by atoms with Crippen molar-refractivity contribution >= 4 is 47.8 Å². The second-order valence-electron chi connectivity index (χ2n) is 7.91. The molecule has 6 heterocycles. The zero-order chi connectivity index (χ0) is 25.4. The summed E-state index contributed by atoms with van der Waals surface area (Å²) in [7, 11) is 0. The Labute approximate surface area is 236 Å². The van der Waals surface area contributed by atoms with Crippen molar-refractivity contribution in [2.75, 3.05) is 0 Å². The Morgan fingerprint density at radius 1 is 0.541 bits per heavy atom. The van der Waals surface area contributed by atoms with Crippen molar-refractivity contribution in [2.24, 2.45) is 0 Å². The Balaban J connectivity index is 1.48. The predicted octanol–water partition coefficient (Wildman–Crippen LogP) is 6.30. The molecule has 0 bridgehead atoms. The van der Waals surface area contributed by atoms with Crippen molar-refractivity contribution in [1.82, 2.24) is 44.3 Å². The fourth-order valence-corrected chi connectivity index (χ4v) is 4.94. The first-order chi connectivity index (χ1) is 18.0. The molecular weight excluding hydrogens is 666 g/mol. The lowest BCUT2D eigenvalue weighted by molar-refractivity contribution is 0.288. The lowest BCUT2D eigenvalue weighted by Gasteiger charge is -2.21. The van der Waals surface area contributed by atoms with E-state index in [0.717, 1.165) is 48.0 Å². The van der Waals surface area contributed by atoms with Crippen LogP contribution in [-0.4, -0.2) is 44.3 Å². The van der Waals surface area contributed by atoms with Gasteiger partial charge in [-0.25, -0.2) is 29.0 Å². The van der Waals surface area contributed by atoms with E-state index in [1.807, 2.05) is 89.9 Å². The van der Waals surface area contributed by atoms with Gasteiger partial charge in [0.1, 0.15) is 25.2 Å². The van der Waals surface area contributed by atoms with E-state index in [9.17, 15) is 0 Å². The van der Waals surface area contributed by atoms with Gasteiger partial charge in [0.15, 0.2) is 0 Å². The summed E-state index contributed by atoms with van der Waals surface area (Å²) in [6.07, 6.45) is 4.96. The summed E-state index contributed by atoms with van der Waals surface area (Å²) in [5.74, 6) is 0. The molecular formula is C25H16Br3N9. The minimum absolute atomic E-state index is 0.562. The molecule has 0 amide bonds. The summed E-state index contributed by atoms with van der Waals surface area (Å²) in [5, 5.41) is 14.4. The molecule has 37 heavy (non-hydrogen) atoms. The second kappa shape index (κ2) is 10.1. The summed E-state index contributed by atoms with van der Waals surface area (Å²) in [6.45, 7) is 0. The van der Waals surface area contributed by atoms with E-state index in [4.69, 9.17) is 10.2 Å². The van der Waals surface area contributed by atoms with Crippen LogP contribution < -0.4 is 0 Å². The molecule has 0 saturated heterocycles. The molecule has 6 rings (SSSR count). The van der Waals surface area contributed by atoms with Gasteiger partial charge in [-0.1, -0.05) is 18.2 Å². The Morgan fingerprint density at radius 3 is 1.54 bits per heavy atom. The lowest BCUT2D eigenvalue weighted by atomic mass is 10.3. The molecule has 0 N–H and O–H groups in total. The van der Waals surface area contributed by atoms with Crippen LogP contribution in [0.25, 0.3) is 34.2 Å². The summed E-state index contributed by atoms with van der Waals surface area (Å²) in [5.41, 5.74) is 4.52. The quantitative estimate of drug-likeness (QED) is 0.192. The Morgan fingerprint density at radius 2 is 1.03 bits per heavy atom. The normalized spacial score (nSPS) is 11.4. The Kier molecular flexibility index (Phi) is 6.53. The van der Waals surface area contributed by atoms with Gasteiger partial charge < -0.3 is 0 Å². The number of pyridine rings is 3. The van der Waals surface area contributed by atoms with Crippen molar-refractivity contribution in [2.45, 2.75) is 6.29 Å². The number of rotatable bonds is 6. The van der Waals surface area contributed by atoms with E-state index < -0.39 is 6.29 Å². The molecule has 0 atom stereocenters. The van der Waals surface area contributed by atoms with Crippen LogP contribution in [0, 0.1) is 0 Å². The summed E-state index contributed by atoms with van der Waals surface area (Å²) >= 11 is 10.4. The van der Waals surface area contributed by atoms with Crippen LogP contribution in [0.15, 0.2) is 105 Å². The first kappa shape index (κ1) is 23.9. The topological polar surface area (TPSA) is 92.1 Å². The minimum Gasteiger partial charge on any atom is -0.239 e. The second-order valence-corrected chi connectivity index (χ2v) is 10.3. The third-order valence-electron chi connectivity index (χ3n) is 5.51. The van der Waals surface area contributed by atoms with E-state index >= 15 is 0 Å². The first-order valence-electron chi connectivity index (χ1n) is 11.1. The van der Waals surface area contributed by atoms with Gasteiger partial charge >= 0.3 is 0 Å². The van der Waals surface area contributed by atoms with E-state index in [1.54, 1.807) is 15.6 Å². The number of aromatic nitrogens is 9. The molecule has 12 heteroatoms. The smallest absolute Gasteiger partial charge is 0.238 e.